The second-order valence-electron chi connectivity index (χ2n) is 5.78. The van der Waals surface area contributed by atoms with E-state index < -0.39 is 0 Å². The van der Waals surface area contributed by atoms with Crippen LogP contribution >= 0.6 is 22.9 Å². The lowest BCUT2D eigenvalue weighted by atomic mass is 10.1. The van der Waals surface area contributed by atoms with Gasteiger partial charge in [0.1, 0.15) is 10.2 Å². The zero-order valence-electron chi connectivity index (χ0n) is 13.9. The first-order valence-corrected chi connectivity index (χ1v) is 9.54. The van der Waals surface area contributed by atoms with Crippen molar-refractivity contribution in [2.75, 3.05) is 11.9 Å². The molecule has 0 atom stereocenters. The zero-order valence-corrected chi connectivity index (χ0v) is 15.5. The highest BCUT2D eigenvalue weighted by molar-refractivity contribution is 7.17. The number of nitrogens with zero attached hydrogens (tertiary/aromatic N) is 1. The highest BCUT2D eigenvalue weighted by Crippen LogP contribution is 2.38. The number of esters is 1. The van der Waals surface area contributed by atoms with Gasteiger partial charge in [0.15, 0.2) is 0 Å². The Kier molecular flexibility index (Phi) is 5.71. The van der Waals surface area contributed by atoms with Crippen molar-refractivity contribution in [3.05, 3.63) is 45.1 Å². The van der Waals surface area contributed by atoms with Crippen LogP contribution in [0.5, 0.6) is 0 Å². The first kappa shape index (κ1) is 17.9. The van der Waals surface area contributed by atoms with Crippen molar-refractivity contribution in [3.8, 4) is 0 Å². The molecule has 7 heteroatoms. The molecule has 1 amide bonds. The zero-order chi connectivity index (χ0) is 17.8. The van der Waals surface area contributed by atoms with Crippen LogP contribution in [-0.2, 0) is 17.6 Å². The lowest BCUT2D eigenvalue weighted by Gasteiger charge is -2.09. The summed E-state index contributed by atoms with van der Waals surface area (Å²) in [6.07, 6.45) is 6.57. The van der Waals surface area contributed by atoms with Gasteiger partial charge in [-0.1, -0.05) is 18.0 Å². The Balaban J connectivity index is 1.96. The fourth-order valence-electron chi connectivity index (χ4n) is 2.98. The first-order valence-electron chi connectivity index (χ1n) is 8.35. The molecule has 0 unspecified atom stereocenters. The van der Waals surface area contributed by atoms with Gasteiger partial charge in [0, 0.05) is 11.1 Å². The van der Waals surface area contributed by atoms with E-state index in [1.54, 1.807) is 19.1 Å². The van der Waals surface area contributed by atoms with Gasteiger partial charge in [-0.2, -0.15) is 0 Å². The number of nitrogens with one attached hydrogen (secondary N) is 1. The van der Waals surface area contributed by atoms with Crippen molar-refractivity contribution in [1.82, 2.24) is 4.98 Å². The van der Waals surface area contributed by atoms with Gasteiger partial charge >= 0.3 is 5.97 Å². The minimum absolute atomic E-state index is 0.135. The number of fused-ring (bicyclic) bond motifs is 1. The number of carbonyl (C=O) groups is 2. The van der Waals surface area contributed by atoms with E-state index in [9.17, 15) is 9.59 Å². The molecule has 0 fully saturated rings. The summed E-state index contributed by atoms with van der Waals surface area (Å²) in [5.74, 6) is -0.755. The summed E-state index contributed by atoms with van der Waals surface area (Å²) in [5, 5.41) is 3.51. The minimum atomic E-state index is -0.380. The quantitative estimate of drug-likeness (QED) is 0.483. The molecule has 5 nitrogen and oxygen atoms in total. The van der Waals surface area contributed by atoms with E-state index in [2.05, 4.69) is 10.3 Å². The highest BCUT2D eigenvalue weighted by atomic mass is 35.5. The Hall–Kier alpha value is -1.92. The Labute approximate surface area is 155 Å². The largest absolute Gasteiger partial charge is 0.462 e. The Morgan fingerprint density at radius 3 is 2.88 bits per heavy atom. The summed E-state index contributed by atoms with van der Waals surface area (Å²) >= 11 is 7.46. The van der Waals surface area contributed by atoms with Gasteiger partial charge in [-0.3, -0.25) is 4.79 Å². The Bertz CT molecular complexity index is 804. The summed E-state index contributed by atoms with van der Waals surface area (Å²) in [6.45, 7) is 2.07. The Morgan fingerprint density at radius 2 is 2.12 bits per heavy atom. The molecule has 1 aliphatic carbocycles. The SMILES string of the molecule is CCOC(=O)c1c(NC(=O)c2cccnc2Cl)sc2c1CCCCC2. The average Bonchev–Trinajstić information content (AvgIpc) is 2.76. The van der Waals surface area contributed by atoms with Crippen molar-refractivity contribution in [2.24, 2.45) is 0 Å². The van der Waals surface area contributed by atoms with E-state index >= 15 is 0 Å². The maximum absolute atomic E-state index is 12.6. The number of thiophene rings is 1. The fourth-order valence-corrected chi connectivity index (χ4v) is 4.45. The van der Waals surface area contributed by atoms with E-state index in [1.807, 2.05) is 0 Å². The third-order valence-corrected chi connectivity index (χ3v) is 5.64. The van der Waals surface area contributed by atoms with Crippen molar-refractivity contribution in [2.45, 2.75) is 39.0 Å². The summed E-state index contributed by atoms with van der Waals surface area (Å²) in [7, 11) is 0. The number of carbonyl (C=O) groups excluding carboxylic acids is 2. The number of aryl methyl sites for hydroxylation is 1. The molecular weight excluding hydrogens is 360 g/mol. The van der Waals surface area contributed by atoms with E-state index in [-0.39, 0.29) is 22.6 Å². The second-order valence-corrected chi connectivity index (χ2v) is 7.25. The lowest BCUT2D eigenvalue weighted by molar-refractivity contribution is 0.0527. The lowest BCUT2D eigenvalue weighted by Crippen LogP contribution is -2.16. The molecule has 2 aromatic heterocycles. The highest BCUT2D eigenvalue weighted by Gasteiger charge is 2.27. The van der Waals surface area contributed by atoms with E-state index in [0.717, 1.165) is 42.5 Å². The molecule has 132 valence electrons. The maximum atomic E-state index is 12.6. The standard InChI is InChI=1S/C18H19ClN2O3S/c1-2-24-18(23)14-11-7-4-3-5-9-13(11)25-17(14)21-16(22)12-8-6-10-20-15(12)19/h6,8,10H,2-5,7,9H2,1H3,(H,21,22). The Morgan fingerprint density at radius 1 is 1.32 bits per heavy atom. The van der Waals surface area contributed by atoms with Gasteiger partial charge in [-0.05, 0) is 50.3 Å². The molecule has 0 saturated heterocycles. The summed E-state index contributed by atoms with van der Waals surface area (Å²) in [5.41, 5.74) is 1.80. The predicted molar refractivity (Wildman–Crippen MR) is 98.7 cm³/mol. The molecule has 1 N–H and O–H groups in total. The molecule has 0 aliphatic heterocycles. The van der Waals surface area contributed by atoms with Crippen LogP contribution < -0.4 is 5.32 Å². The number of anilines is 1. The molecule has 0 radical (unpaired) electrons. The molecule has 1 aliphatic rings. The topological polar surface area (TPSA) is 68.3 Å². The third kappa shape index (κ3) is 3.85. The number of rotatable bonds is 4. The molecule has 0 aromatic carbocycles. The van der Waals surface area contributed by atoms with Gasteiger partial charge in [-0.15, -0.1) is 11.3 Å². The van der Waals surface area contributed by atoms with E-state index in [4.69, 9.17) is 16.3 Å². The van der Waals surface area contributed by atoms with Crippen molar-refractivity contribution >= 4 is 39.8 Å². The molecule has 2 heterocycles. The number of hydrogen-bond donors (Lipinski definition) is 1. The van der Waals surface area contributed by atoms with E-state index in [0.29, 0.717) is 17.2 Å². The van der Waals surface area contributed by atoms with Crippen LogP contribution in [0.3, 0.4) is 0 Å². The van der Waals surface area contributed by atoms with Crippen LogP contribution in [0, 0.1) is 0 Å². The van der Waals surface area contributed by atoms with Crippen LogP contribution in [0.15, 0.2) is 18.3 Å². The molecule has 25 heavy (non-hydrogen) atoms. The molecular formula is C18H19ClN2O3S. The third-order valence-electron chi connectivity index (χ3n) is 4.13. The smallest absolute Gasteiger partial charge is 0.341 e. The number of aromatic nitrogens is 1. The van der Waals surface area contributed by atoms with Crippen LogP contribution in [-0.4, -0.2) is 23.5 Å². The average molecular weight is 379 g/mol. The predicted octanol–water partition coefficient (Wildman–Crippen LogP) is 4.49. The number of pyridine rings is 1. The molecule has 0 bridgehead atoms. The normalized spacial score (nSPS) is 13.7. The molecule has 0 saturated carbocycles. The second kappa shape index (κ2) is 7.97. The van der Waals surface area contributed by atoms with Crippen LogP contribution in [0.4, 0.5) is 5.00 Å². The molecule has 3 rings (SSSR count). The number of hydrogen-bond acceptors (Lipinski definition) is 5. The van der Waals surface area contributed by atoms with Crippen LogP contribution in [0.2, 0.25) is 5.15 Å². The van der Waals surface area contributed by atoms with Crippen molar-refractivity contribution in [3.63, 3.8) is 0 Å². The van der Waals surface area contributed by atoms with Crippen molar-refractivity contribution < 1.29 is 14.3 Å². The monoisotopic (exact) mass is 378 g/mol. The number of halogens is 1. The summed E-state index contributed by atoms with van der Waals surface area (Å²) in [4.78, 5) is 30.1. The summed E-state index contributed by atoms with van der Waals surface area (Å²) in [6, 6.07) is 3.25. The van der Waals surface area contributed by atoms with Crippen molar-refractivity contribution in [1.29, 1.82) is 0 Å². The fraction of sp³-hybridized carbons (Fsp3) is 0.389. The summed E-state index contributed by atoms with van der Waals surface area (Å²) < 4.78 is 5.22. The van der Waals surface area contributed by atoms with Crippen LogP contribution in [0.1, 0.15) is 57.3 Å². The molecule has 0 spiro atoms. The molecule has 2 aromatic rings. The van der Waals surface area contributed by atoms with Gasteiger partial charge in [-0.25, -0.2) is 9.78 Å². The number of ether oxygens (including phenoxy) is 1. The van der Waals surface area contributed by atoms with Gasteiger partial charge in [0.2, 0.25) is 0 Å². The maximum Gasteiger partial charge on any atom is 0.341 e. The van der Waals surface area contributed by atoms with Gasteiger partial charge < -0.3 is 10.1 Å². The van der Waals surface area contributed by atoms with E-state index in [1.165, 1.54) is 17.5 Å². The van der Waals surface area contributed by atoms with Gasteiger partial charge in [0.05, 0.1) is 17.7 Å². The minimum Gasteiger partial charge on any atom is -0.462 e. The first-order chi connectivity index (χ1) is 12.1. The van der Waals surface area contributed by atoms with Gasteiger partial charge in [0.25, 0.3) is 5.91 Å². The van der Waals surface area contributed by atoms with Crippen LogP contribution in [0.25, 0.3) is 0 Å². The number of amides is 1.